The van der Waals surface area contributed by atoms with Crippen molar-refractivity contribution in [3.63, 3.8) is 0 Å². The lowest BCUT2D eigenvalue weighted by molar-refractivity contribution is -0.108. The summed E-state index contributed by atoms with van der Waals surface area (Å²) in [4.78, 5) is 10.2. The van der Waals surface area contributed by atoms with Gasteiger partial charge in [0.1, 0.15) is 6.29 Å². The van der Waals surface area contributed by atoms with Crippen LogP contribution in [0.3, 0.4) is 0 Å². The lowest BCUT2D eigenvalue weighted by Crippen LogP contribution is -2.22. The number of carbonyl (C=O) groups excluding carboxylic acids is 1. The monoisotopic (exact) mass is 326 g/mol. The van der Waals surface area contributed by atoms with E-state index in [1.165, 1.54) is 0 Å². The third-order valence-corrected chi connectivity index (χ3v) is 4.28. The molecule has 2 aromatic rings. The number of rotatable bonds is 5. The van der Waals surface area contributed by atoms with Gasteiger partial charge in [0, 0.05) is 16.5 Å². The molecular formula is C16H13Cl3O. The summed E-state index contributed by atoms with van der Waals surface area (Å²) in [6.45, 7) is 0. The molecule has 0 fully saturated rings. The predicted octanol–water partition coefficient (Wildman–Crippen LogP) is 5.26. The van der Waals surface area contributed by atoms with Crippen molar-refractivity contribution in [2.24, 2.45) is 0 Å². The van der Waals surface area contributed by atoms with Crippen molar-refractivity contribution in [3.05, 3.63) is 69.7 Å². The molecule has 104 valence electrons. The van der Waals surface area contributed by atoms with Crippen molar-refractivity contribution >= 4 is 41.1 Å². The van der Waals surface area contributed by atoms with Crippen molar-refractivity contribution in [2.45, 2.75) is 17.7 Å². The van der Waals surface area contributed by atoms with Crippen LogP contribution >= 0.6 is 34.8 Å². The van der Waals surface area contributed by atoms with Gasteiger partial charge in [0.25, 0.3) is 0 Å². The first kappa shape index (κ1) is 15.4. The Balaban J connectivity index is 2.36. The van der Waals surface area contributed by atoms with Gasteiger partial charge in [-0.05, 0) is 29.7 Å². The quantitative estimate of drug-likeness (QED) is 0.541. The Morgan fingerprint density at radius 3 is 2.35 bits per heavy atom. The number of benzene rings is 2. The molecule has 0 bridgehead atoms. The van der Waals surface area contributed by atoms with E-state index in [9.17, 15) is 4.79 Å². The first-order valence-corrected chi connectivity index (χ1v) is 7.30. The fraction of sp³-hybridized carbons (Fsp3) is 0.188. The van der Waals surface area contributed by atoms with Crippen LogP contribution in [0, 0.1) is 0 Å². The zero-order valence-electron chi connectivity index (χ0n) is 10.7. The second kappa shape index (κ2) is 6.62. The van der Waals surface area contributed by atoms with Crippen LogP contribution in [0.1, 0.15) is 17.5 Å². The van der Waals surface area contributed by atoms with Crippen LogP contribution in [0.2, 0.25) is 10.0 Å². The Labute approximate surface area is 133 Å². The largest absolute Gasteiger partial charge is 0.303 e. The van der Waals surface area contributed by atoms with E-state index in [1.54, 1.807) is 12.1 Å². The molecule has 4 heteroatoms. The summed E-state index contributed by atoms with van der Waals surface area (Å²) < 4.78 is 0. The summed E-state index contributed by atoms with van der Waals surface area (Å²) in [5.41, 5.74) is 1.77. The highest BCUT2D eigenvalue weighted by Crippen LogP contribution is 2.37. The van der Waals surface area contributed by atoms with Crippen LogP contribution in [0.25, 0.3) is 0 Å². The summed E-state index contributed by atoms with van der Waals surface area (Å²) in [6, 6.07) is 14.8. The molecule has 1 unspecified atom stereocenters. The molecular weight excluding hydrogens is 315 g/mol. The first-order chi connectivity index (χ1) is 9.55. The second-order valence-electron chi connectivity index (χ2n) is 4.61. The van der Waals surface area contributed by atoms with Crippen LogP contribution in [0.5, 0.6) is 0 Å². The molecule has 0 saturated carbocycles. The number of alkyl halides is 1. The van der Waals surface area contributed by atoms with Crippen LogP contribution < -0.4 is 0 Å². The molecule has 20 heavy (non-hydrogen) atoms. The lowest BCUT2D eigenvalue weighted by atomic mass is 9.88. The Bertz CT molecular complexity index is 598. The van der Waals surface area contributed by atoms with Gasteiger partial charge in [-0.25, -0.2) is 0 Å². The van der Waals surface area contributed by atoms with Gasteiger partial charge in [-0.3, -0.25) is 0 Å². The van der Waals surface area contributed by atoms with Crippen molar-refractivity contribution < 1.29 is 4.79 Å². The maximum Gasteiger partial charge on any atom is 0.122 e. The highest BCUT2D eigenvalue weighted by molar-refractivity contribution is 6.35. The van der Waals surface area contributed by atoms with Gasteiger partial charge in [0.15, 0.2) is 0 Å². The second-order valence-corrected chi connectivity index (χ2v) is 6.18. The van der Waals surface area contributed by atoms with E-state index in [0.29, 0.717) is 16.5 Å². The molecule has 0 heterocycles. The van der Waals surface area contributed by atoms with Crippen LogP contribution in [0.15, 0.2) is 48.5 Å². The molecule has 0 aliphatic heterocycles. The van der Waals surface area contributed by atoms with Crippen molar-refractivity contribution in [1.82, 2.24) is 0 Å². The highest BCUT2D eigenvalue weighted by atomic mass is 35.5. The highest BCUT2D eigenvalue weighted by Gasteiger charge is 2.30. The zero-order valence-corrected chi connectivity index (χ0v) is 12.9. The summed E-state index contributed by atoms with van der Waals surface area (Å²) >= 11 is 18.8. The normalized spacial score (nSPS) is 13.8. The van der Waals surface area contributed by atoms with Gasteiger partial charge in [0.2, 0.25) is 0 Å². The molecule has 0 aliphatic carbocycles. The van der Waals surface area contributed by atoms with Gasteiger partial charge < -0.3 is 4.79 Å². The summed E-state index contributed by atoms with van der Waals surface area (Å²) in [6.07, 6.45) is 1.52. The maximum absolute atomic E-state index is 11.0. The first-order valence-electron chi connectivity index (χ1n) is 6.17. The number of hydrogen-bond acceptors (Lipinski definition) is 1. The fourth-order valence-corrected chi connectivity index (χ4v) is 2.94. The minimum absolute atomic E-state index is 0.220. The van der Waals surface area contributed by atoms with E-state index in [1.807, 2.05) is 36.4 Å². The van der Waals surface area contributed by atoms with Crippen molar-refractivity contribution in [2.75, 3.05) is 0 Å². The Hall–Kier alpha value is -1.02. The van der Waals surface area contributed by atoms with Crippen LogP contribution in [-0.2, 0) is 16.1 Å². The van der Waals surface area contributed by atoms with Crippen molar-refractivity contribution in [1.29, 1.82) is 0 Å². The number of aldehydes is 1. The average Bonchev–Trinajstić information content (AvgIpc) is 2.43. The summed E-state index contributed by atoms with van der Waals surface area (Å²) in [7, 11) is 0. The molecule has 0 spiro atoms. The van der Waals surface area contributed by atoms with Crippen molar-refractivity contribution in [3.8, 4) is 0 Å². The van der Waals surface area contributed by atoms with Gasteiger partial charge in [-0.15, -0.1) is 11.6 Å². The Morgan fingerprint density at radius 2 is 1.75 bits per heavy atom. The summed E-state index contributed by atoms with van der Waals surface area (Å²) in [5.74, 6) is 0. The molecule has 1 nitrogen and oxygen atoms in total. The number of carbonyl (C=O) groups is 1. The molecule has 0 saturated heterocycles. The molecule has 0 amide bonds. The van der Waals surface area contributed by atoms with Crippen LogP contribution in [-0.4, -0.2) is 6.29 Å². The van der Waals surface area contributed by atoms with E-state index in [4.69, 9.17) is 34.8 Å². The number of hydrogen-bond donors (Lipinski definition) is 0. The topological polar surface area (TPSA) is 17.1 Å². The van der Waals surface area contributed by atoms with Gasteiger partial charge in [-0.1, -0.05) is 59.6 Å². The maximum atomic E-state index is 11.0. The summed E-state index contributed by atoms with van der Waals surface area (Å²) in [5, 5.41) is 1.14. The fourth-order valence-electron chi connectivity index (χ4n) is 2.13. The molecule has 2 rings (SSSR count). The molecule has 0 aromatic heterocycles. The third kappa shape index (κ3) is 3.54. The van der Waals surface area contributed by atoms with E-state index in [-0.39, 0.29) is 6.42 Å². The van der Waals surface area contributed by atoms with Gasteiger partial charge in [0.05, 0.1) is 4.87 Å². The minimum atomic E-state index is -0.791. The minimum Gasteiger partial charge on any atom is -0.303 e. The predicted molar refractivity (Wildman–Crippen MR) is 84.8 cm³/mol. The molecule has 0 aliphatic rings. The van der Waals surface area contributed by atoms with Crippen LogP contribution in [0.4, 0.5) is 0 Å². The molecule has 0 N–H and O–H groups in total. The van der Waals surface area contributed by atoms with E-state index < -0.39 is 4.87 Å². The van der Waals surface area contributed by atoms with Gasteiger partial charge >= 0.3 is 0 Å². The number of halogens is 3. The lowest BCUT2D eigenvalue weighted by Gasteiger charge is -2.26. The van der Waals surface area contributed by atoms with E-state index >= 15 is 0 Å². The third-order valence-electron chi connectivity index (χ3n) is 3.18. The zero-order chi connectivity index (χ0) is 14.6. The van der Waals surface area contributed by atoms with E-state index in [2.05, 4.69) is 0 Å². The molecule has 1 atom stereocenters. The van der Waals surface area contributed by atoms with E-state index in [0.717, 1.165) is 17.4 Å². The average molecular weight is 328 g/mol. The molecule has 2 aromatic carbocycles. The standard InChI is InChI=1S/C16H13Cl3O/c17-14-7-6-12(15(18)10-14)11-16(19,8-9-20)13-4-2-1-3-5-13/h1-7,9-10H,8,11H2. The Morgan fingerprint density at radius 1 is 1.05 bits per heavy atom. The molecule has 0 radical (unpaired) electrons. The van der Waals surface area contributed by atoms with Gasteiger partial charge in [-0.2, -0.15) is 0 Å². The Kier molecular flexibility index (Phi) is 5.09. The smallest absolute Gasteiger partial charge is 0.122 e. The SMILES string of the molecule is O=CCC(Cl)(Cc1ccc(Cl)cc1Cl)c1ccccc1.